The minimum atomic E-state index is 0. The van der Waals surface area contributed by atoms with Gasteiger partial charge in [0.25, 0.3) is 0 Å². The van der Waals surface area contributed by atoms with Gasteiger partial charge in [0.15, 0.2) is 11.8 Å². The second-order valence-corrected chi connectivity index (χ2v) is 8.72. The van der Waals surface area contributed by atoms with Crippen LogP contribution in [0.1, 0.15) is 56.6 Å². The second-order valence-electron chi connectivity index (χ2n) is 7.73. The Kier molecular flexibility index (Phi) is 9.82. The van der Waals surface area contributed by atoms with Gasteiger partial charge in [-0.1, -0.05) is 12.8 Å². The highest BCUT2D eigenvalue weighted by molar-refractivity contribution is 14.0. The molecule has 1 saturated heterocycles. The van der Waals surface area contributed by atoms with E-state index in [4.69, 9.17) is 9.73 Å². The molecular weight excluding hydrogens is 487 g/mol. The maximum absolute atomic E-state index is 6.17. The van der Waals surface area contributed by atoms with Gasteiger partial charge in [-0.05, 0) is 51.0 Å². The summed E-state index contributed by atoms with van der Waals surface area (Å²) in [5.41, 5.74) is 0.112. The molecule has 2 fully saturated rings. The minimum absolute atomic E-state index is 0. The van der Waals surface area contributed by atoms with Gasteiger partial charge in [0.1, 0.15) is 12.4 Å². The third-order valence-electron chi connectivity index (χ3n) is 5.73. The number of thioether (sulfide) groups is 1. The Morgan fingerprint density at radius 3 is 2.82 bits per heavy atom. The van der Waals surface area contributed by atoms with Gasteiger partial charge >= 0.3 is 0 Å². The van der Waals surface area contributed by atoms with Crippen LogP contribution in [0.5, 0.6) is 0 Å². The summed E-state index contributed by atoms with van der Waals surface area (Å²) in [6, 6.07) is 0.421. The SMILES string of the molecule is CSCCCNC(=NCc1nnc(C)n1C)NC1CCOC2(CCCC2)C1.I. The van der Waals surface area contributed by atoms with Crippen molar-refractivity contribution in [3.8, 4) is 0 Å². The molecule has 160 valence electrons. The van der Waals surface area contributed by atoms with Crippen LogP contribution < -0.4 is 10.6 Å². The molecule has 3 rings (SSSR count). The lowest BCUT2D eigenvalue weighted by molar-refractivity contribution is -0.0815. The Balaban J connectivity index is 0.00000280. The first-order chi connectivity index (χ1) is 13.1. The number of aromatic nitrogens is 3. The van der Waals surface area contributed by atoms with Crippen molar-refractivity contribution in [3.63, 3.8) is 0 Å². The molecule has 7 nitrogen and oxygen atoms in total. The summed E-state index contributed by atoms with van der Waals surface area (Å²) in [5, 5.41) is 15.5. The van der Waals surface area contributed by atoms with Gasteiger partial charge in [-0.15, -0.1) is 34.2 Å². The van der Waals surface area contributed by atoms with E-state index in [1.54, 1.807) is 0 Å². The molecule has 9 heteroatoms. The van der Waals surface area contributed by atoms with Crippen LogP contribution in [0, 0.1) is 6.92 Å². The molecule has 0 aromatic carbocycles. The number of nitrogens with zero attached hydrogens (tertiary/aromatic N) is 4. The van der Waals surface area contributed by atoms with Crippen molar-refractivity contribution in [2.75, 3.05) is 25.2 Å². The Labute approximate surface area is 190 Å². The zero-order valence-corrected chi connectivity index (χ0v) is 20.5. The van der Waals surface area contributed by atoms with Gasteiger partial charge in [-0.25, -0.2) is 4.99 Å². The molecule has 0 radical (unpaired) electrons. The lowest BCUT2D eigenvalue weighted by Gasteiger charge is -2.39. The van der Waals surface area contributed by atoms with Gasteiger partial charge in [-0.3, -0.25) is 0 Å². The van der Waals surface area contributed by atoms with Gasteiger partial charge < -0.3 is 19.9 Å². The summed E-state index contributed by atoms with van der Waals surface area (Å²) < 4.78 is 8.17. The highest BCUT2D eigenvalue weighted by Gasteiger charge is 2.40. The monoisotopic (exact) mass is 522 g/mol. The molecule has 1 saturated carbocycles. The highest BCUT2D eigenvalue weighted by Crippen LogP contribution is 2.39. The molecule has 1 unspecified atom stereocenters. The van der Waals surface area contributed by atoms with E-state index in [-0.39, 0.29) is 29.6 Å². The zero-order valence-electron chi connectivity index (χ0n) is 17.4. The summed E-state index contributed by atoms with van der Waals surface area (Å²) in [6.45, 7) is 4.27. The van der Waals surface area contributed by atoms with Gasteiger partial charge in [0.05, 0.1) is 5.60 Å². The third kappa shape index (κ3) is 6.48. The summed E-state index contributed by atoms with van der Waals surface area (Å²) in [5.74, 6) is 3.84. The maximum atomic E-state index is 6.17. The van der Waals surface area contributed by atoms with E-state index in [0.717, 1.165) is 55.8 Å². The standard InChI is InChI=1S/C19H34N6OS.HI/c1-15-23-24-17(25(15)2)14-21-18(20-10-6-12-27-3)22-16-7-11-26-19(13-16)8-4-5-9-19;/h16H,4-14H2,1-3H3,(H2,20,21,22);1H. The van der Waals surface area contributed by atoms with Crippen LogP contribution in [-0.4, -0.2) is 57.5 Å². The van der Waals surface area contributed by atoms with Crippen molar-refractivity contribution in [1.29, 1.82) is 0 Å². The van der Waals surface area contributed by atoms with E-state index < -0.39 is 0 Å². The number of rotatable bonds is 7. The highest BCUT2D eigenvalue weighted by atomic mass is 127. The first kappa shape index (κ1) is 23.7. The second kappa shape index (κ2) is 11.6. The fraction of sp³-hybridized carbons (Fsp3) is 0.842. The number of guanidine groups is 1. The van der Waals surface area contributed by atoms with Crippen LogP contribution >= 0.6 is 35.7 Å². The van der Waals surface area contributed by atoms with Gasteiger partial charge in [0, 0.05) is 26.2 Å². The van der Waals surface area contributed by atoms with Crippen LogP contribution in [0.3, 0.4) is 0 Å². The molecule has 2 heterocycles. The van der Waals surface area contributed by atoms with Crippen LogP contribution in [0.25, 0.3) is 0 Å². The largest absolute Gasteiger partial charge is 0.375 e. The fourth-order valence-electron chi connectivity index (χ4n) is 4.03. The molecule has 0 bridgehead atoms. The topological polar surface area (TPSA) is 76.4 Å². The van der Waals surface area contributed by atoms with Crippen LogP contribution in [-0.2, 0) is 18.3 Å². The fourth-order valence-corrected chi connectivity index (χ4v) is 4.46. The van der Waals surface area contributed by atoms with Crippen LogP contribution in [0.4, 0.5) is 0 Å². The van der Waals surface area contributed by atoms with Gasteiger partial charge in [-0.2, -0.15) is 11.8 Å². The molecule has 1 aliphatic carbocycles. The smallest absolute Gasteiger partial charge is 0.191 e. The number of aryl methyl sites for hydroxylation is 1. The average molecular weight is 523 g/mol. The molecule has 28 heavy (non-hydrogen) atoms. The molecule has 1 aromatic rings. The van der Waals surface area contributed by atoms with Crippen molar-refractivity contribution >= 4 is 41.7 Å². The van der Waals surface area contributed by atoms with E-state index in [2.05, 4.69) is 27.1 Å². The van der Waals surface area contributed by atoms with E-state index in [0.29, 0.717) is 12.6 Å². The Hall–Kier alpha value is -0.550. The van der Waals surface area contributed by atoms with Crippen molar-refractivity contribution in [2.45, 2.75) is 70.1 Å². The van der Waals surface area contributed by atoms with Crippen molar-refractivity contribution in [3.05, 3.63) is 11.6 Å². The first-order valence-electron chi connectivity index (χ1n) is 10.1. The molecule has 1 spiro atoms. The van der Waals surface area contributed by atoms with Crippen LogP contribution in [0.2, 0.25) is 0 Å². The summed E-state index contributed by atoms with van der Waals surface area (Å²) in [7, 11) is 1.99. The molecule has 1 atom stereocenters. The summed E-state index contributed by atoms with van der Waals surface area (Å²) >= 11 is 1.88. The lowest BCUT2D eigenvalue weighted by atomic mass is 9.89. The molecule has 0 amide bonds. The van der Waals surface area contributed by atoms with Gasteiger partial charge in [0.2, 0.25) is 0 Å². The molecule has 2 aliphatic rings. The van der Waals surface area contributed by atoms with E-state index in [1.807, 2.05) is 30.3 Å². The van der Waals surface area contributed by atoms with Crippen molar-refractivity contribution in [2.24, 2.45) is 12.0 Å². The predicted octanol–water partition coefficient (Wildman–Crippen LogP) is 3.02. The Morgan fingerprint density at radius 2 is 2.14 bits per heavy atom. The molecule has 1 aliphatic heterocycles. The number of hydrogen-bond acceptors (Lipinski definition) is 5. The average Bonchev–Trinajstić information content (AvgIpc) is 3.24. The summed E-state index contributed by atoms with van der Waals surface area (Å²) in [6.07, 6.45) is 10.4. The maximum Gasteiger partial charge on any atom is 0.191 e. The quantitative estimate of drug-likeness (QED) is 0.248. The number of aliphatic imine (C=N–C) groups is 1. The molecule has 2 N–H and O–H groups in total. The van der Waals surface area contributed by atoms with E-state index in [9.17, 15) is 0 Å². The Bertz CT molecular complexity index is 632. The predicted molar refractivity (Wildman–Crippen MR) is 127 cm³/mol. The lowest BCUT2D eigenvalue weighted by Crippen LogP contribution is -2.50. The summed E-state index contributed by atoms with van der Waals surface area (Å²) in [4.78, 5) is 4.80. The van der Waals surface area contributed by atoms with Crippen LogP contribution in [0.15, 0.2) is 4.99 Å². The minimum Gasteiger partial charge on any atom is -0.375 e. The van der Waals surface area contributed by atoms with E-state index in [1.165, 1.54) is 25.7 Å². The number of nitrogens with one attached hydrogen (secondary N) is 2. The molecular formula is C19H35IN6OS. The third-order valence-corrected chi connectivity index (χ3v) is 6.42. The normalized spacial score (nSPS) is 21.5. The number of hydrogen-bond donors (Lipinski definition) is 2. The van der Waals surface area contributed by atoms with Crippen molar-refractivity contribution in [1.82, 2.24) is 25.4 Å². The number of ether oxygens (including phenoxy) is 1. The zero-order chi connectivity index (χ0) is 19.1. The Morgan fingerprint density at radius 1 is 1.36 bits per heavy atom. The first-order valence-corrected chi connectivity index (χ1v) is 11.5. The molecule has 1 aromatic heterocycles. The van der Waals surface area contributed by atoms with Crippen molar-refractivity contribution < 1.29 is 4.74 Å². The van der Waals surface area contributed by atoms with E-state index >= 15 is 0 Å². The number of halogens is 1.